The van der Waals surface area contributed by atoms with Crippen LogP contribution in [0.25, 0.3) is 0 Å². The van der Waals surface area contributed by atoms with Crippen molar-refractivity contribution in [1.82, 2.24) is 15.1 Å². The highest BCUT2D eigenvalue weighted by molar-refractivity contribution is 5.90. The largest absolute Gasteiger partial charge is 0.387 e. The molecule has 3 rings (SSSR count). The number of hydrogen-bond donors (Lipinski definition) is 3. The van der Waals surface area contributed by atoms with E-state index in [9.17, 15) is 9.90 Å². The van der Waals surface area contributed by atoms with Gasteiger partial charge < -0.3 is 20.6 Å². The number of carbonyl (C=O) groups is 1. The van der Waals surface area contributed by atoms with Crippen molar-refractivity contribution in [3.63, 3.8) is 0 Å². The molecule has 1 unspecified atom stereocenters. The van der Waals surface area contributed by atoms with Gasteiger partial charge in [-0.15, -0.1) is 0 Å². The van der Waals surface area contributed by atoms with Crippen molar-refractivity contribution in [3.8, 4) is 0 Å². The number of carbonyl (C=O) groups excluding carboxylic acids is 1. The van der Waals surface area contributed by atoms with Gasteiger partial charge in [-0.05, 0) is 37.9 Å². The van der Waals surface area contributed by atoms with Crippen molar-refractivity contribution in [2.75, 3.05) is 51.1 Å². The summed E-state index contributed by atoms with van der Waals surface area (Å²) >= 11 is 0. The van der Waals surface area contributed by atoms with Crippen LogP contribution in [0.1, 0.15) is 18.4 Å². The average molecular weight is 332 g/mol. The van der Waals surface area contributed by atoms with E-state index in [1.165, 1.54) is 0 Å². The summed E-state index contributed by atoms with van der Waals surface area (Å²) in [5, 5.41) is 16.9. The Morgan fingerprint density at radius 2 is 2.04 bits per heavy atom. The number of piperidine rings is 1. The Kier molecular flexibility index (Phi) is 5.38. The van der Waals surface area contributed by atoms with E-state index in [0.717, 1.165) is 43.7 Å². The van der Waals surface area contributed by atoms with E-state index in [-0.39, 0.29) is 6.03 Å². The number of rotatable bonds is 3. The molecule has 2 aliphatic heterocycles. The topological polar surface area (TPSA) is 67.8 Å². The second-order valence-electron chi connectivity index (χ2n) is 7.01. The fourth-order valence-corrected chi connectivity index (χ4v) is 3.52. The van der Waals surface area contributed by atoms with Gasteiger partial charge in [0.05, 0.1) is 5.60 Å². The zero-order chi connectivity index (χ0) is 17.0. The van der Waals surface area contributed by atoms with E-state index in [2.05, 4.69) is 15.5 Å². The summed E-state index contributed by atoms with van der Waals surface area (Å²) in [6.45, 7) is 7.35. The van der Waals surface area contributed by atoms with Gasteiger partial charge in [-0.25, -0.2) is 4.79 Å². The molecule has 2 fully saturated rings. The summed E-state index contributed by atoms with van der Waals surface area (Å²) in [4.78, 5) is 16.5. The first kappa shape index (κ1) is 17.2. The van der Waals surface area contributed by atoms with Crippen molar-refractivity contribution in [2.24, 2.45) is 0 Å². The van der Waals surface area contributed by atoms with Gasteiger partial charge in [0.2, 0.25) is 0 Å². The monoisotopic (exact) mass is 332 g/mol. The summed E-state index contributed by atoms with van der Waals surface area (Å²) in [6.07, 6.45) is 1.88. The number of aryl methyl sites for hydroxylation is 1. The maximum absolute atomic E-state index is 12.4. The molecule has 0 bridgehead atoms. The first-order valence-electron chi connectivity index (χ1n) is 8.83. The Labute approximate surface area is 143 Å². The molecule has 1 aromatic carbocycles. The molecule has 6 nitrogen and oxygen atoms in total. The van der Waals surface area contributed by atoms with E-state index >= 15 is 0 Å². The highest BCUT2D eigenvalue weighted by atomic mass is 16.3. The molecular weight excluding hydrogens is 304 g/mol. The summed E-state index contributed by atoms with van der Waals surface area (Å²) < 4.78 is 0. The van der Waals surface area contributed by atoms with Gasteiger partial charge in [0.15, 0.2) is 0 Å². The molecule has 3 N–H and O–H groups in total. The first-order chi connectivity index (χ1) is 11.6. The van der Waals surface area contributed by atoms with Gasteiger partial charge in [-0.1, -0.05) is 18.2 Å². The van der Waals surface area contributed by atoms with Crippen molar-refractivity contribution >= 4 is 11.7 Å². The maximum Gasteiger partial charge on any atom is 0.321 e. The van der Waals surface area contributed by atoms with Crippen LogP contribution < -0.4 is 10.6 Å². The van der Waals surface area contributed by atoms with Crippen LogP contribution in [0.5, 0.6) is 0 Å². The van der Waals surface area contributed by atoms with Gasteiger partial charge in [-0.3, -0.25) is 4.90 Å². The molecule has 2 aliphatic rings. The van der Waals surface area contributed by atoms with Gasteiger partial charge in [-0.2, -0.15) is 0 Å². The van der Waals surface area contributed by atoms with Crippen LogP contribution in [0, 0.1) is 6.92 Å². The predicted molar refractivity (Wildman–Crippen MR) is 95.3 cm³/mol. The second kappa shape index (κ2) is 7.51. The van der Waals surface area contributed by atoms with Crippen LogP contribution >= 0.6 is 0 Å². The molecule has 1 atom stereocenters. The molecule has 2 amide bonds. The Morgan fingerprint density at radius 3 is 2.71 bits per heavy atom. The van der Waals surface area contributed by atoms with Gasteiger partial charge >= 0.3 is 6.03 Å². The second-order valence-corrected chi connectivity index (χ2v) is 7.01. The van der Waals surface area contributed by atoms with E-state index in [1.54, 1.807) is 0 Å². The Morgan fingerprint density at radius 1 is 1.29 bits per heavy atom. The molecule has 0 saturated carbocycles. The zero-order valence-electron chi connectivity index (χ0n) is 14.4. The molecule has 0 spiro atoms. The first-order valence-corrected chi connectivity index (χ1v) is 8.83. The molecule has 24 heavy (non-hydrogen) atoms. The number of amides is 2. The third kappa shape index (κ3) is 4.26. The lowest BCUT2D eigenvalue weighted by Crippen LogP contribution is -2.57. The predicted octanol–water partition coefficient (Wildman–Crippen LogP) is 1.26. The SMILES string of the molecule is Cc1ccccc1NC(=O)N1CCN(CC2(O)CCCNC2)CC1. The number of piperazine rings is 1. The fourth-order valence-electron chi connectivity index (χ4n) is 3.52. The number of benzene rings is 1. The number of para-hydroxylation sites is 1. The van der Waals surface area contributed by atoms with Crippen molar-refractivity contribution < 1.29 is 9.90 Å². The van der Waals surface area contributed by atoms with Crippen LogP contribution in [-0.2, 0) is 0 Å². The molecule has 0 radical (unpaired) electrons. The lowest BCUT2D eigenvalue weighted by atomic mass is 9.93. The van der Waals surface area contributed by atoms with Gasteiger partial charge in [0, 0.05) is 45.0 Å². The standard InChI is InChI=1S/C18H28N4O2/c1-15-5-2-3-6-16(15)20-17(23)22-11-9-21(10-12-22)14-18(24)7-4-8-19-13-18/h2-3,5-6,19,24H,4,7-14H2,1H3,(H,20,23). The number of nitrogens with zero attached hydrogens (tertiary/aromatic N) is 2. The zero-order valence-corrected chi connectivity index (χ0v) is 14.4. The molecule has 0 aliphatic carbocycles. The minimum Gasteiger partial charge on any atom is -0.387 e. The quantitative estimate of drug-likeness (QED) is 0.779. The van der Waals surface area contributed by atoms with Crippen molar-refractivity contribution in [3.05, 3.63) is 29.8 Å². The fraction of sp³-hybridized carbons (Fsp3) is 0.611. The van der Waals surface area contributed by atoms with Crippen molar-refractivity contribution in [2.45, 2.75) is 25.4 Å². The van der Waals surface area contributed by atoms with Crippen LogP contribution in [0.3, 0.4) is 0 Å². The Bertz CT molecular complexity index is 564. The van der Waals surface area contributed by atoms with Crippen LogP contribution in [0.2, 0.25) is 0 Å². The van der Waals surface area contributed by atoms with Crippen LogP contribution in [0.15, 0.2) is 24.3 Å². The van der Waals surface area contributed by atoms with E-state index < -0.39 is 5.60 Å². The van der Waals surface area contributed by atoms with E-state index in [4.69, 9.17) is 0 Å². The number of β-amino-alcohol motifs (C(OH)–C–C–N with tert-alkyl or cyclic N) is 1. The third-order valence-corrected chi connectivity index (χ3v) is 5.01. The van der Waals surface area contributed by atoms with Crippen LogP contribution in [0.4, 0.5) is 10.5 Å². The number of hydrogen-bond acceptors (Lipinski definition) is 4. The van der Waals surface area contributed by atoms with Gasteiger partial charge in [0.25, 0.3) is 0 Å². The molecule has 132 valence electrons. The minimum absolute atomic E-state index is 0.0398. The Balaban J connectivity index is 1.48. The van der Waals surface area contributed by atoms with Crippen LogP contribution in [-0.4, -0.2) is 72.4 Å². The lowest BCUT2D eigenvalue weighted by Gasteiger charge is -2.41. The summed E-state index contributed by atoms with van der Waals surface area (Å²) in [5.41, 5.74) is 1.31. The Hall–Kier alpha value is -1.63. The molecule has 2 saturated heterocycles. The smallest absolute Gasteiger partial charge is 0.321 e. The summed E-state index contributed by atoms with van der Waals surface area (Å²) in [5.74, 6) is 0. The molecule has 2 heterocycles. The lowest BCUT2D eigenvalue weighted by molar-refractivity contribution is -0.0227. The number of aliphatic hydroxyl groups is 1. The summed E-state index contributed by atoms with van der Waals surface area (Å²) in [7, 11) is 0. The molecule has 6 heteroatoms. The highest BCUT2D eigenvalue weighted by Gasteiger charge is 2.33. The van der Waals surface area contributed by atoms with E-state index in [1.807, 2.05) is 36.1 Å². The highest BCUT2D eigenvalue weighted by Crippen LogP contribution is 2.19. The van der Waals surface area contributed by atoms with E-state index in [0.29, 0.717) is 26.2 Å². The average Bonchev–Trinajstić information content (AvgIpc) is 2.58. The third-order valence-electron chi connectivity index (χ3n) is 5.01. The number of nitrogens with one attached hydrogen (secondary N) is 2. The number of anilines is 1. The minimum atomic E-state index is -0.621. The maximum atomic E-state index is 12.4. The van der Waals surface area contributed by atoms with Crippen molar-refractivity contribution in [1.29, 1.82) is 0 Å². The van der Waals surface area contributed by atoms with Gasteiger partial charge in [0.1, 0.15) is 0 Å². The molecular formula is C18H28N4O2. The molecule has 0 aromatic heterocycles. The normalized spacial score (nSPS) is 25.5. The summed E-state index contributed by atoms with van der Waals surface area (Å²) in [6, 6.07) is 7.78. The molecule has 1 aromatic rings. The number of urea groups is 1.